The molecule has 0 fully saturated rings. The van der Waals surface area contributed by atoms with Crippen LogP contribution in [0.2, 0.25) is 0 Å². The lowest BCUT2D eigenvalue weighted by molar-refractivity contribution is 0.0640. The molecule has 2 aromatic carbocycles. The van der Waals surface area contributed by atoms with Crippen molar-refractivity contribution in [3.8, 4) is 5.75 Å². The van der Waals surface area contributed by atoms with Gasteiger partial charge in [-0.05, 0) is 78.6 Å². The number of ether oxygens (including phenoxy) is 1. The summed E-state index contributed by atoms with van der Waals surface area (Å²) < 4.78 is 5.93. The molecule has 0 bridgehead atoms. The number of allylic oxidation sites excluding steroid dienone is 2. The van der Waals surface area contributed by atoms with E-state index in [-0.39, 0.29) is 13.2 Å². The standard InChI is InChI=1S/C25H33O4/c1-4-25(28,5-2)13-7-8-19(3)21-9-6-10-24(15-21)29-18-20-11-12-22(16-26)23(14-20)17-27/h6,8-15,26-28H,4-5,7,16-18H2,1-3H3/b19-8+. The van der Waals surface area contributed by atoms with Gasteiger partial charge in [-0.15, -0.1) is 0 Å². The molecule has 4 heteroatoms. The largest absolute Gasteiger partial charge is 0.489 e. The summed E-state index contributed by atoms with van der Waals surface area (Å²) in [6.45, 7) is 6.25. The second-order valence-corrected chi connectivity index (χ2v) is 7.37. The van der Waals surface area contributed by atoms with Gasteiger partial charge in [0.05, 0.1) is 18.8 Å². The molecule has 4 nitrogen and oxygen atoms in total. The fourth-order valence-corrected chi connectivity index (χ4v) is 3.18. The van der Waals surface area contributed by atoms with E-state index in [0.717, 1.165) is 52.8 Å². The summed E-state index contributed by atoms with van der Waals surface area (Å²) in [6.07, 6.45) is 6.26. The van der Waals surface area contributed by atoms with E-state index in [2.05, 4.69) is 13.0 Å². The maximum Gasteiger partial charge on any atom is 0.120 e. The van der Waals surface area contributed by atoms with Gasteiger partial charge in [-0.2, -0.15) is 0 Å². The Bertz CT molecular complexity index is 806. The summed E-state index contributed by atoms with van der Waals surface area (Å²) in [5.74, 6) is 0.773. The van der Waals surface area contributed by atoms with E-state index in [4.69, 9.17) is 4.74 Å². The van der Waals surface area contributed by atoms with E-state index in [1.165, 1.54) is 0 Å². The second kappa shape index (κ2) is 11.1. The van der Waals surface area contributed by atoms with Crippen molar-refractivity contribution in [1.82, 2.24) is 0 Å². The smallest absolute Gasteiger partial charge is 0.120 e. The van der Waals surface area contributed by atoms with Crippen LogP contribution in [0.25, 0.3) is 5.57 Å². The van der Waals surface area contributed by atoms with Crippen LogP contribution < -0.4 is 4.74 Å². The van der Waals surface area contributed by atoms with Crippen molar-refractivity contribution < 1.29 is 20.1 Å². The van der Waals surface area contributed by atoms with E-state index >= 15 is 0 Å². The van der Waals surface area contributed by atoms with Gasteiger partial charge in [0.2, 0.25) is 0 Å². The van der Waals surface area contributed by atoms with Gasteiger partial charge in [0.25, 0.3) is 0 Å². The van der Waals surface area contributed by atoms with Gasteiger partial charge in [0.1, 0.15) is 12.4 Å². The van der Waals surface area contributed by atoms with Crippen molar-refractivity contribution in [2.45, 2.75) is 65.5 Å². The van der Waals surface area contributed by atoms with Crippen LogP contribution in [0.5, 0.6) is 5.75 Å². The van der Waals surface area contributed by atoms with Crippen molar-refractivity contribution in [2.24, 2.45) is 0 Å². The number of hydrogen-bond acceptors (Lipinski definition) is 4. The van der Waals surface area contributed by atoms with Crippen molar-refractivity contribution in [1.29, 1.82) is 0 Å². The first-order chi connectivity index (χ1) is 13.9. The normalized spacial score (nSPS) is 12.3. The third-order valence-electron chi connectivity index (χ3n) is 5.45. The zero-order valence-electron chi connectivity index (χ0n) is 17.7. The van der Waals surface area contributed by atoms with Crippen LogP contribution in [-0.2, 0) is 19.8 Å². The molecule has 0 amide bonds. The van der Waals surface area contributed by atoms with E-state index < -0.39 is 5.60 Å². The minimum Gasteiger partial charge on any atom is -0.489 e. The monoisotopic (exact) mass is 397 g/mol. The quantitative estimate of drug-likeness (QED) is 0.509. The Kier molecular flexibility index (Phi) is 8.90. The topological polar surface area (TPSA) is 69.9 Å². The summed E-state index contributed by atoms with van der Waals surface area (Å²) in [7, 11) is 0. The van der Waals surface area contributed by atoms with Crippen LogP contribution in [0.1, 0.15) is 62.3 Å². The first-order valence-corrected chi connectivity index (χ1v) is 10.2. The minimum absolute atomic E-state index is 0.0873. The number of aliphatic hydroxyl groups excluding tert-OH is 2. The van der Waals surface area contributed by atoms with Crippen LogP contribution in [-0.4, -0.2) is 20.9 Å². The highest BCUT2D eigenvalue weighted by Gasteiger charge is 2.21. The summed E-state index contributed by atoms with van der Waals surface area (Å²) in [4.78, 5) is 0. The predicted molar refractivity (Wildman–Crippen MR) is 117 cm³/mol. The van der Waals surface area contributed by atoms with Gasteiger partial charge in [0.15, 0.2) is 0 Å². The van der Waals surface area contributed by atoms with Crippen molar-refractivity contribution in [3.63, 3.8) is 0 Å². The first-order valence-electron chi connectivity index (χ1n) is 10.2. The lowest BCUT2D eigenvalue weighted by atomic mass is 9.91. The maximum absolute atomic E-state index is 10.4. The van der Waals surface area contributed by atoms with Gasteiger partial charge >= 0.3 is 0 Å². The van der Waals surface area contributed by atoms with Gasteiger partial charge in [-0.25, -0.2) is 0 Å². The van der Waals surface area contributed by atoms with Crippen LogP contribution in [0, 0.1) is 6.42 Å². The molecule has 0 saturated heterocycles. The van der Waals surface area contributed by atoms with Gasteiger partial charge in [0, 0.05) is 0 Å². The van der Waals surface area contributed by atoms with Gasteiger partial charge in [-0.1, -0.05) is 44.2 Å². The Hall–Kier alpha value is -2.14. The number of benzene rings is 2. The fraction of sp³-hybridized carbons (Fsp3) is 0.400. The van der Waals surface area contributed by atoms with Crippen molar-refractivity contribution >= 4 is 5.57 Å². The molecule has 2 aromatic rings. The van der Waals surface area contributed by atoms with E-state index in [1.54, 1.807) is 0 Å². The molecule has 0 heterocycles. The Morgan fingerprint density at radius 2 is 1.72 bits per heavy atom. The molecule has 157 valence electrons. The van der Waals surface area contributed by atoms with E-state index in [9.17, 15) is 15.3 Å². The number of hydrogen-bond donors (Lipinski definition) is 3. The van der Waals surface area contributed by atoms with Crippen LogP contribution in [0.4, 0.5) is 0 Å². The first kappa shape index (κ1) is 23.1. The zero-order chi connectivity index (χ0) is 21.3. The Morgan fingerprint density at radius 3 is 2.38 bits per heavy atom. The molecule has 0 atom stereocenters. The highest BCUT2D eigenvalue weighted by Crippen LogP contribution is 2.24. The summed E-state index contributed by atoms with van der Waals surface area (Å²) in [5.41, 5.74) is 3.92. The number of rotatable bonds is 11. The SMILES string of the molecule is CCC(O)([CH]C/C=C(\C)c1cccc(OCc2ccc(CO)c(CO)c2)c1)CC. The Balaban J connectivity index is 2.01. The van der Waals surface area contributed by atoms with E-state index in [0.29, 0.717) is 6.61 Å². The van der Waals surface area contributed by atoms with Crippen molar-refractivity contribution in [3.05, 3.63) is 77.2 Å². The van der Waals surface area contributed by atoms with Crippen LogP contribution >= 0.6 is 0 Å². The Labute approximate surface area is 174 Å². The van der Waals surface area contributed by atoms with E-state index in [1.807, 2.05) is 62.7 Å². The fourth-order valence-electron chi connectivity index (χ4n) is 3.18. The lowest BCUT2D eigenvalue weighted by Crippen LogP contribution is -2.26. The van der Waals surface area contributed by atoms with Gasteiger partial charge < -0.3 is 20.1 Å². The maximum atomic E-state index is 10.4. The van der Waals surface area contributed by atoms with Crippen LogP contribution in [0.3, 0.4) is 0 Å². The second-order valence-electron chi connectivity index (χ2n) is 7.37. The molecule has 0 saturated carbocycles. The molecule has 0 aliphatic heterocycles. The Morgan fingerprint density at radius 1 is 1.00 bits per heavy atom. The zero-order valence-corrected chi connectivity index (χ0v) is 17.7. The minimum atomic E-state index is -0.694. The molecule has 0 aliphatic rings. The summed E-state index contributed by atoms with van der Waals surface area (Å²) in [6, 6.07) is 13.5. The molecule has 0 aliphatic carbocycles. The number of aliphatic hydroxyl groups is 3. The lowest BCUT2D eigenvalue weighted by Gasteiger charge is -2.24. The molecule has 0 aromatic heterocycles. The van der Waals surface area contributed by atoms with Crippen molar-refractivity contribution in [2.75, 3.05) is 0 Å². The predicted octanol–water partition coefficient (Wildman–Crippen LogP) is 4.80. The molecule has 1 radical (unpaired) electrons. The van der Waals surface area contributed by atoms with Gasteiger partial charge in [-0.3, -0.25) is 0 Å². The molecule has 3 N–H and O–H groups in total. The third kappa shape index (κ3) is 6.70. The molecule has 0 unspecified atom stereocenters. The highest BCUT2D eigenvalue weighted by atomic mass is 16.5. The molecular weight excluding hydrogens is 364 g/mol. The third-order valence-corrected chi connectivity index (χ3v) is 5.45. The van der Waals surface area contributed by atoms with Crippen LogP contribution in [0.15, 0.2) is 48.5 Å². The molecule has 2 rings (SSSR count). The molecule has 0 spiro atoms. The average Bonchev–Trinajstić information content (AvgIpc) is 2.77. The summed E-state index contributed by atoms with van der Waals surface area (Å²) >= 11 is 0. The highest BCUT2D eigenvalue weighted by molar-refractivity contribution is 5.65. The molecule has 29 heavy (non-hydrogen) atoms. The summed E-state index contributed by atoms with van der Waals surface area (Å²) in [5, 5.41) is 29.1. The molecular formula is C25H33O4. The average molecular weight is 398 g/mol.